The molecule has 0 aromatic carbocycles. The van der Waals surface area contributed by atoms with Gasteiger partial charge in [-0.15, -0.1) is 11.8 Å². The first-order valence-corrected chi connectivity index (χ1v) is 9.76. The molecule has 140 valence electrons. The average Bonchev–Trinajstić information content (AvgIpc) is 3.14. The van der Waals surface area contributed by atoms with Gasteiger partial charge in [0.25, 0.3) is 0 Å². The maximum absolute atomic E-state index is 11.9. The van der Waals surface area contributed by atoms with Crippen LogP contribution < -0.4 is 10.6 Å². The maximum atomic E-state index is 11.9. The molecule has 0 aromatic heterocycles. The predicted molar refractivity (Wildman–Crippen MR) is 101 cm³/mol. The third-order valence-electron chi connectivity index (χ3n) is 3.65. The molecule has 3 atom stereocenters. The van der Waals surface area contributed by atoms with Crippen LogP contribution in [0.4, 0.5) is 4.79 Å². The first-order valence-electron chi connectivity index (χ1n) is 8.47. The largest absolute Gasteiger partial charge is 0.433 e. The second-order valence-corrected chi connectivity index (χ2v) is 9.16. The summed E-state index contributed by atoms with van der Waals surface area (Å²) in [6.45, 7) is 14.7. The second-order valence-electron chi connectivity index (χ2n) is 7.98. The molecule has 6 nitrogen and oxygen atoms in total. The maximum Gasteiger partial charge on any atom is 0.433 e. The number of hydrogen-bond donors (Lipinski definition) is 2. The summed E-state index contributed by atoms with van der Waals surface area (Å²) in [6.07, 6.45) is 2.40. The number of oxime groups is 1. The van der Waals surface area contributed by atoms with Gasteiger partial charge in [-0.3, -0.25) is 10.2 Å². The second kappa shape index (κ2) is 8.54. The molecular formula is C17H33N3O3S. The van der Waals surface area contributed by atoms with Crippen LogP contribution in [-0.4, -0.2) is 47.2 Å². The minimum atomic E-state index is -0.550. The van der Waals surface area contributed by atoms with Gasteiger partial charge in [-0.25, -0.2) is 4.79 Å². The molecular weight excluding hydrogens is 326 g/mol. The summed E-state index contributed by atoms with van der Waals surface area (Å²) in [6, 6.07) is 0.00221. The molecule has 1 unspecified atom stereocenters. The molecule has 1 aliphatic heterocycles. The Morgan fingerprint density at radius 1 is 1.38 bits per heavy atom. The highest BCUT2D eigenvalue weighted by Crippen LogP contribution is 2.31. The quantitative estimate of drug-likeness (QED) is 0.228. The van der Waals surface area contributed by atoms with Gasteiger partial charge in [0.2, 0.25) is 0 Å². The van der Waals surface area contributed by atoms with Gasteiger partial charge in [0, 0.05) is 5.54 Å². The lowest BCUT2D eigenvalue weighted by atomic mass is 9.92. The van der Waals surface area contributed by atoms with Crippen molar-refractivity contribution in [2.45, 2.75) is 77.4 Å². The summed E-state index contributed by atoms with van der Waals surface area (Å²) in [5.41, 5.74) is -0.0660. The molecule has 0 spiro atoms. The van der Waals surface area contributed by atoms with Crippen LogP contribution in [0.25, 0.3) is 0 Å². The number of epoxide rings is 1. The zero-order valence-electron chi connectivity index (χ0n) is 16.2. The first-order chi connectivity index (χ1) is 11.0. The molecule has 1 amide bonds. The molecule has 7 heteroatoms. The minimum absolute atomic E-state index is 0.00221. The fraction of sp³-hybridized carbons (Fsp3) is 0.882. The van der Waals surface area contributed by atoms with Crippen LogP contribution in [0.15, 0.2) is 5.16 Å². The lowest BCUT2D eigenvalue weighted by molar-refractivity contribution is 0.140. The normalized spacial score (nSPS) is 23.8. The smallest absolute Gasteiger partial charge is 0.363 e. The standard InChI is InChI=1S/C17H33N3O3S/c1-11(2)9-13(18-12(3)24-8)14(17(7)10-22-17)20-23-15(21)19-16(4,5)6/h11-13,18H,9-10H2,1-8H3,(H,19,21)/b20-14-/t12?,13-,17+/m0/s1. The predicted octanol–water partition coefficient (Wildman–Crippen LogP) is 3.37. The summed E-state index contributed by atoms with van der Waals surface area (Å²) < 4.78 is 5.58. The fourth-order valence-corrected chi connectivity index (χ4v) is 2.59. The van der Waals surface area contributed by atoms with Crippen molar-refractivity contribution in [3.05, 3.63) is 0 Å². The van der Waals surface area contributed by atoms with Gasteiger partial charge in [0.15, 0.2) is 0 Å². The number of hydrogen-bond acceptors (Lipinski definition) is 6. The monoisotopic (exact) mass is 359 g/mol. The van der Waals surface area contributed by atoms with Crippen LogP contribution >= 0.6 is 11.8 Å². The molecule has 0 bridgehead atoms. The Balaban J connectivity index is 2.91. The van der Waals surface area contributed by atoms with Gasteiger partial charge in [-0.1, -0.05) is 19.0 Å². The Labute approximate surface area is 150 Å². The van der Waals surface area contributed by atoms with Crippen LogP contribution in [-0.2, 0) is 9.57 Å². The van der Waals surface area contributed by atoms with Crippen molar-refractivity contribution in [3.8, 4) is 0 Å². The van der Waals surface area contributed by atoms with Crippen LogP contribution in [0.1, 0.15) is 54.9 Å². The van der Waals surface area contributed by atoms with E-state index in [1.807, 2.05) is 27.7 Å². The van der Waals surface area contributed by atoms with E-state index in [2.05, 4.69) is 42.8 Å². The number of amides is 1. The van der Waals surface area contributed by atoms with E-state index in [4.69, 9.17) is 9.57 Å². The van der Waals surface area contributed by atoms with Crippen LogP contribution in [0.5, 0.6) is 0 Å². The molecule has 1 saturated heterocycles. The third kappa shape index (κ3) is 7.40. The number of nitrogens with one attached hydrogen (secondary N) is 2. The van der Waals surface area contributed by atoms with Gasteiger partial charge in [0.05, 0.1) is 18.0 Å². The lowest BCUT2D eigenvalue weighted by Gasteiger charge is -2.27. The Hall–Kier alpha value is -0.790. The van der Waals surface area contributed by atoms with Crippen molar-refractivity contribution in [2.24, 2.45) is 11.1 Å². The summed E-state index contributed by atoms with van der Waals surface area (Å²) in [5, 5.41) is 10.8. The molecule has 2 N–H and O–H groups in total. The topological polar surface area (TPSA) is 75.2 Å². The van der Waals surface area contributed by atoms with E-state index in [0.29, 0.717) is 12.5 Å². The Bertz CT molecular complexity index is 456. The van der Waals surface area contributed by atoms with Gasteiger partial charge < -0.3 is 10.1 Å². The summed E-state index contributed by atoms with van der Waals surface area (Å²) >= 11 is 1.73. The van der Waals surface area contributed by atoms with Gasteiger partial charge >= 0.3 is 6.09 Å². The van der Waals surface area contributed by atoms with E-state index in [9.17, 15) is 4.79 Å². The number of nitrogens with zero attached hydrogens (tertiary/aromatic N) is 1. The Kier molecular flexibility index (Phi) is 7.56. The van der Waals surface area contributed by atoms with E-state index < -0.39 is 11.7 Å². The van der Waals surface area contributed by atoms with Crippen molar-refractivity contribution in [1.82, 2.24) is 10.6 Å². The Morgan fingerprint density at radius 2 is 1.96 bits per heavy atom. The molecule has 0 radical (unpaired) electrons. The van der Waals surface area contributed by atoms with Crippen LogP contribution in [0.2, 0.25) is 0 Å². The van der Waals surface area contributed by atoms with Gasteiger partial charge in [-0.2, -0.15) is 0 Å². The summed E-state index contributed by atoms with van der Waals surface area (Å²) in [4.78, 5) is 17.1. The highest BCUT2D eigenvalue weighted by Gasteiger charge is 2.48. The van der Waals surface area contributed by atoms with Crippen molar-refractivity contribution in [3.63, 3.8) is 0 Å². The van der Waals surface area contributed by atoms with E-state index >= 15 is 0 Å². The van der Waals surface area contributed by atoms with E-state index in [1.165, 1.54) is 0 Å². The van der Waals surface area contributed by atoms with E-state index in [1.54, 1.807) is 11.8 Å². The van der Waals surface area contributed by atoms with Crippen LogP contribution in [0, 0.1) is 5.92 Å². The molecule has 0 saturated carbocycles. The van der Waals surface area contributed by atoms with Crippen molar-refractivity contribution < 1.29 is 14.4 Å². The summed E-state index contributed by atoms with van der Waals surface area (Å²) in [7, 11) is 0. The molecule has 1 heterocycles. The number of ether oxygens (including phenoxy) is 1. The fourth-order valence-electron chi connectivity index (χ4n) is 2.29. The minimum Gasteiger partial charge on any atom is -0.363 e. The number of thioether (sulfide) groups is 1. The number of rotatable bonds is 8. The molecule has 0 aromatic rings. The molecule has 1 aliphatic rings. The van der Waals surface area contributed by atoms with Crippen LogP contribution in [0.3, 0.4) is 0 Å². The molecule has 24 heavy (non-hydrogen) atoms. The van der Waals surface area contributed by atoms with E-state index in [0.717, 1.165) is 12.1 Å². The Morgan fingerprint density at radius 3 is 2.38 bits per heavy atom. The highest BCUT2D eigenvalue weighted by atomic mass is 32.2. The zero-order valence-corrected chi connectivity index (χ0v) is 17.0. The molecule has 1 fully saturated rings. The lowest BCUT2D eigenvalue weighted by Crippen LogP contribution is -2.47. The van der Waals surface area contributed by atoms with Crippen molar-refractivity contribution >= 4 is 23.6 Å². The highest BCUT2D eigenvalue weighted by molar-refractivity contribution is 7.99. The van der Waals surface area contributed by atoms with Gasteiger partial charge in [0.1, 0.15) is 11.3 Å². The van der Waals surface area contributed by atoms with Crippen molar-refractivity contribution in [2.75, 3.05) is 12.9 Å². The first kappa shape index (κ1) is 21.3. The number of carbonyl (C=O) groups excluding carboxylic acids is 1. The van der Waals surface area contributed by atoms with E-state index in [-0.39, 0.29) is 17.0 Å². The van der Waals surface area contributed by atoms with Crippen molar-refractivity contribution in [1.29, 1.82) is 0 Å². The molecule has 0 aliphatic carbocycles. The van der Waals surface area contributed by atoms with Gasteiger partial charge in [-0.05, 0) is 53.2 Å². The SMILES string of the molecule is CSC(C)N[C@@H](CC(C)C)/C(=N/OC(=O)NC(C)(C)C)[C@@]1(C)CO1. The average molecular weight is 360 g/mol. The zero-order chi connectivity index (χ0) is 18.5. The third-order valence-corrected chi connectivity index (χ3v) is 4.49. The summed E-state index contributed by atoms with van der Waals surface area (Å²) in [5.74, 6) is 0.479. The molecule has 1 rings (SSSR count). The number of carbonyl (C=O) groups is 1.